The van der Waals surface area contributed by atoms with E-state index >= 15 is 0 Å². The Morgan fingerprint density at radius 3 is 1.26 bits per heavy atom. The predicted octanol–water partition coefficient (Wildman–Crippen LogP) is 13.6. The van der Waals surface area contributed by atoms with Crippen LogP contribution in [0, 0.1) is 0 Å². The minimum absolute atomic E-state index is 1.07. The van der Waals surface area contributed by atoms with Gasteiger partial charge in [-0.15, -0.1) is 0 Å². The van der Waals surface area contributed by atoms with E-state index in [9.17, 15) is 0 Å². The standard InChI is InChI=1S/C62H45N3Si/c1-7-21-46(22-8-1)48-35-39-52(40-36-48)63(53-41-37-49(38-42-53)47-23-9-2-10-24-47)54-43-44-57-59(45-54)65(51-27-13-4-14-28-51)62-61(57)66(55-29-15-5-16-30-55,56-31-17-6-18-32-56)60-34-20-19-33-58(60)64(62)50-25-11-3-12-26-50/h1-45H. The van der Waals surface area contributed by atoms with E-state index in [1.54, 1.807) is 0 Å². The van der Waals surface area contributed by atoms with Gasteiger partial charge in [0.25, 0.3) is 0 Å². The summed E-state index contributed by atoms with van der Waals surface area (Å²) in [7, 11) is -3.05. The van der Waals surface area contributed by atoms with Gasteiger partial charge in [0.1, 0.15) is 5.82 Å². The lowest BCUT2D eigenvalue weighted by atomic mass is 10.0. The van der Waals surface area contributed by atoms with Crippen LogP contribution in [0.2, 0.25) is 0 Å². The molecule has 66 heavy (non-hydrogen) atoms. The fourth-order valence-corrected chi connectivity index (χ4v) is 15.6. The van der Waals surface area contributed by atoms with E-state index in [0.29, 0.717) is 0 Å². The maximum atomic E-state index is 2.54. The summed E-state index contributed by atoms with van der Waals surface area (Å²) in [6.45, 7) is 0. The summed E-state index contributed by atoms with van der Waals surface area (Å²) >= 11 is 0. The van der Waals surface area contributed by atoms with Crippen molar-refractivity contribution < 1.29 is 0 Å². The van der Waals surface area contributed by atoms with Gasteiger partial charge in [0.15, 0.2) is 8.07 Å². The lowest BCUT2D eigenvalue weighted by Crippen LogP contribution is -2.77. The summed E-state index contributed by atoms with van der Waals surface area (Å²) in [5.41, 5.74) is 12.6. The first kappa shape index (κ1) is 39.2. The summed E-state index contributed by atoms with van der Waals surface area (Å²) in [4.78, 5) is 4.93. The molecule has 1 aromatic heterocycles. The molecule has 0 fully saturated rings. The number of para-hydroxylation sites is 3. The van der Waals surface area contributed by atoms with Gasteiger partial charge in [-0.25, -0.2) is 0 Å². The van der Waals surface area contributed by atoms with Crippen molar-refractivity contribution in [3.63, 3.8) is 0 Å². The van der Waals surface area contributed by atoms with Crippen molar-refractivity contribution in [2.45, 2.75) is 0 Å². The van der Waals surface area contributed by atoms with Gasteiger partial charge in [0.05, 0.1) is 5.52 Å². The van der Waals surface area contributed by atoms with Crippen molar-refractivity contribution in [1.29, 1.82) is 0 Å². The molecular weight excluding hydrogens is 815 g/mol. The lowest BCUT2D eigenvalue weighted by Gasteiger charge is -2.44. The second-order valence-electron chi connectivity index (χ2n) is 16.9. The Bertz CT molecular complexity index is 3310. The van der Waals surface area contributed by atoms with Gasteiger partial charge >= 0.3 is 0 Å². The van der Waals surface area contributed by atoms with Crippen LogP contribution in [-0.4, -0.2) is 12.6 Å². The fraction of sp³-hybridized carbons (Fsp3) is 0. The number of benzene rings is 10. The molecule has 1 aliphatic rings. The SMILES string of the molecule is c1ccc(-c2ccc(N(c3ccc(-c4ccccc4)cc3)c3ccc4c5c(n(-c6ccccc6)c4c3)N(c3ccccc3)c3ccccc3[Si]5(c3ccccc3)c3ccccc3)cc2)cc1. The largest absolute Gasteiger partial charge is 0.310 e. The molecule has 10 aromatic carbocycles. The Kier molecular flexibility index (Phi) is 9.85. The lowest BCUT2D eigenvalue weighted by molar-refractivity contribution is 1.08. The monoisotopic (exact) mass is 859 g/mol. The van der Waals surface area contributed by atoms with Crippen LogP contribution in [0.3, 0.4) is 0 Å². The summed E-state index contributed by atoms with van der Waals surface area (Å²) in [6, 6.07) is 100. The van der Waals surface area contributed by atoms with E-state index in [0.717, 1.165) is 34.0 Å². The molecule has 0 atom stereocenters. The van der Waals surface area contributed by atoms with Crippen molar-refractivity contribution >= 4 is 74.0 Å². The Morgan fingerprint density at radius 1 is 0.333 bits per heavy atom. The zero-order valence-corrected chi connectivity index (χ0v) is 37.3. The zero-order chi connectivity index (χ0) is 43.9. The van der Waals surface area contributed by atoms with Gasteiger partial charge in [-0.2, -0.15) is 0 Å². The van der Waals surface area contributed by atoms with Crippen LogP contribution in [0.1, 0.15) is 0 Å². The Balaban J connectivity index is 1.17. The summed E-state index contributed by atoms with van der Waals surface area (Å²) in [6.07, 6.45) is 0. The van der Waals surface area contributed by atoms with E-state index in [4.69, 9.17) is 0 Å². The van der Waals surface area contributed by atoms with Crippen LogP contribution in [0.15, 0.2) is 273 Å². The summed E-state index contributed by atoms with van der Waals surface area (Å²) < 4.78 is 2.54. The molecule has 12 rings (SSSR count). The van der Waals surface area contributed by atoms with Crippen LogP contribution in [0.25, 0.3) is 38.8 Å². The molecule has 0 spiro atoms. The van der Waals surface area contributed by atoms with Crippen LogP contribution in [0.4, 0.5) is 34.3 Å². The number of hydrogen-bond acceptors (Lipinski definition) is 2. The highest BCUT2D eigenvalue weighted by atomic mass is 28.3. The van der Waals surface area contributed by atoms with Gasteiger partial charge < -0.3 is 4.90 Å². The smallest absolute Gasteiger partial charge is 0.186 e. The molecular formula is C62H45N3Si. The molecule has 0 unspecified atom stereocenters. The van der Waals surface area contributed by atoms with Gasteiger partial charge in [0.2, 0.25) is 0 Å². The highest BCUT2D eigenvalue weighted by Crippen LogP contribution is 2.45. The first-order chi connectivity index (χ1) is 32.8. The number of aromatic nitrogens is 1. The highest BCUT2D eigenvalue weighted by molar-refractivity contribution is 7.22. The van der Waals surface area contributed by atoms with E-state index in [1.165, 1.54) is 59.9 Å². The Morgan fingerprint density at radius 2 is 0.742 bits per heavy atom. The van der Waals surface area contributed by atoms with E-state index in [1.807, 2.05) is 0 Å². The average Bonchev–Trinajstić information content (AvgIpc) is 3.74. The van der Waals surface area contributed by atoms with E-state index < -0.39 is 8.07 Å². The molecule has 0 radical (unpaired) electrons. The van der Waals surface area contributed by atoms with Crippen molar-refractivity contribution in [3.05, 3.63) is 273 Å². The van der Waals surface area contributed by atoms with Crippen molar-refractivity contribution in [3.8, 4) is 27.9 Å². The molecule has 0 bridgehead atoms. The van der Waals surface area contributed by atoms with Gasteiger partial charge in [-0.1, -0.05) is 206 Å². The van der Waals surface area contributed by atoms with Gasteiger partial charge in [-0.3, -0.25) is 9.47 Å². The molecule has 0 saturated heterocycles. The molecule has 1 aliphatic heterocycles. The topological polar surface area (TPSA) is 11.4 Å². The quantitative estimate of drug-likeness (QED) is 0.134. The predicted molar refractivity (Wildman–Crippen MR) is 281 cm³/mol. The van der Waals surface area contributed by atoms with Crippen LogP contribution < -0.4 is 30.5 Å². The molecule has 11 aromatic rings. The van der Waals surface area contributed by atoms with Crippen molar-refractivity contribution in [2.24, 2.45) is 0 Å². The molecule has 0 saturated carbocycles. The van der Waals surface area contributed by atoms with E-state index in [2.05, 4.69) is 287 Å². The fourth-order valence-electron chi connectivity index (χ4n) is 10.4. The van der Waals surface area contributed by atoms with E-state index in [-0.39, 0.29) is 0 Å². The van der Waals surface area contributed by atoms with Crippen molar-refractivity contribution in [1.82, 2.24) is 4.57 Å². The maximum Gasteiger partial charge on any atom is 0.186 e. The molecule has 0 aliphatic carbocycles. The average molecular weight is 860 g/mol. The minimum atomic E-state index is -3.05. The first-order valence-electron chi connectivity index (χ1n) is 22.7. The van der Waals surface area contributed by atoms with Crippen LogP contribution >= 0.6 is 0 Å². The van der Waals surface area contributed by atoms with Gasteiger partial charge in [-0.05, 0) is 105 Å². The third-order valence-corrected chi connectivity index (χ3v) is 18.1. The molecule has 4 heteroatoms. The third-order valence-electron chi connectivity index (χ3n) is 13.2. The minimum Gasteiger partial charge on any atom is -0.310 e. The first-order valence-corrected chi connectivity index (χ1v) is 24.7. The maximum absolute atomic E-state index is 3.05. The molecule has 0 N–H and O–H groups in total. The molecule has 3 nitrogen and oxygen atoms in total. The van der Waals surface area contributed by atoms with Gasteiger partial charge in [0, 0.05) is 44.7 Å². The Hall–Kier alpha value is -8.44. The summed E-state index contributed by atoms with van der Waals surface area (Å²) in [5.74, 6) is 1.17. The second-order valence-corrected chi connectivity index (χ2v) is 20.6. The molecule has 0 amide bonds. The number of hydrogen-bond donors (Lipinski definition) is 0. The highest BCUT2D eigenvalue weighted by Gasteiger charge is 2.52. The van der Waals surface area contributed by atoms with Crippen LogP contribution in [-0.2, 0) is 0 Å². The molecule has 312 valence electrons. The molecule has 2 heterocycles. The zero-order valence-electron chi connectivity index (χ0n) is 36.3. The number of anilines is 6. The second kappa shape index (κ2) is 16.6. The Labute approximate surface area is 387 Å². The third kappa shape index (κ3) is 6.50. The van der Waals surface area contributed by atoms with Crippen LogP contribution in [0.5, 0.6) is 0 Å². The van der Waals surface area contributed by atoms with Crippen molar-refractivity contribution in [2.75, 3.05) is 9.80 Å². The number of rotatable bonds is 9. The number of fused-ring (bicyclic) bond motifs is 4. The number of nitrogens with zero attached hydrogens (tertiary/aromatic N) is 3. The summed E-state index contributed by atoms with van der Waals surface area (Å²) in [5, 5.41) is 6.69. The normalized spacial score (nSPS) is 12.6.